The van der Waals surface area contributed by atoms with Gasteiger partial charge in [-0.1, -0.05) is 0 Å². The van der Waals surface area contributed by atoms with Crippen LogP contribution in [-0.2, 0) is 38.8 Å². The minimum absolute atomic E-state index is 0.0455. The van der Waals surface area contributed by atoms with E-state index in [1.54, 1.807) is 10.7 Å². The number of oxazole rings is 1. The van der Waals surface area contributed by atoms with Crippen LogP contribution in [-0.4, -0.2) is 32.3 Å². The molecule has 5 rings (SSSR count). The van der Waals surface area contributed by atoms with Gasteiger partial charge in [0.05, 0.1) is 24.5 Å². The Labute approximate surface area is 153 Å². The molecule has 1 fully saturated rings. The molecule has 2 aliphatic carbocycles. The molecule has 138 valence electrons. The summed E-state index contributed by atoms with van der Waals surface area (Å²) >= 11 is 0. The number of hydrogen-bond donors (Lipinski definition) is 0. The van der Waals surface area contributed by atoms with Crippen molar-refractivity contribution in [3.8, 4) is 0 Å². The van der Waals surface area contributed by atoms with Gasteiger partial charge < -0.3 is 4.42 Å². The molecule has 0 spiro atoms. The molecule has 3 heterocycles. The van der Waals surface area contributed by atoms with Gasteiger partial charge in [0.15, 0.2) is 0 Å². The van der Waals surface area contributed by atoms with E-state index in [4.69, 9.17) is 9.40 Å². The van der Waals surface area contributed by atoms with Gasteiger partial charge >= 0.3 is 0 Å². The van der Waals surface area contributed by atoms with Crippen molar-refractivity contribution in [3.05, 3.63) is 45.0 Å². The predicted molar refractivity (Wildman–Crippen MR) is 97.1 cm³/mol. The lowest BCUT2D eigenvalue weighted by Crippen LogP contribution is -2.37. The van der Waals surface area contributed by atoms with Crippen LogP contribution in [0.4, 0.5) is 0 Å². The van der Waals surface area contributed by atoms with Crippen LogP contribution in [0.5, 0.6) is 0 Å². The van der Waals surface area contributed by atoms with Gasteiger partial charge in [0.1, 0.15) is 5.76 Å². The van der Waals surface area contributed by atoms with Crippen molar-refractivity contribution in [1.82, 2.24) is 19.7 Å². The molecular formula is C20H26N4O2. The van der Waals surface area contributed by atoms with Crippen molar-refractivity contribution in [1.29, 1.82) is 0 Å². The Balaban J connectivity index is 1.32. The maximum absolute atomic E-state index is 12.4. The summed E-state index contributed by atoms with van der Waals surface area (Å²) < 4.78 is 7.70. The Hall–Kier alpha value is -1.95. The van der Waals surface area contributed by atoms with E-state index >= 15 is 0 Å². The van der Waals surface area contributed by atoms with E-state index in [2.05, 4.69) is 10.00 Å². The van der Waals surface area contributed by atoms with Crippen molar-refractivity contribution in [2.24, 2.45) is 0 Å². The van der Waals surface area contributed by atoms with Gasteiger partial charge in [-0.15, -0.1) is 0 Å². The lowest BCUT2D eigenvalue weighted by molar-refractivity contribution is 0.196. The molecule has 0 saturated carbocycles. The standard InChI is InChI=1S/C20H26N4O2/c25-20-11-14-5-3-8-16(14)22-24(20)12-15-6-4-10-23(15)13-19-21-17-7-1-2-9-18(17)26-19/h11,15H,1-10,12-13H2. The van der Waals surface area contributed by atoms with Crippen LogP contribution >= 0.6 is 0 Å². The Kier molecular flexibility index (Phi) is 4.15. The summed E-state index contributed by atoms with van der Waals surface area (Å²) in [6.07, 6.45) is 9.90. The van der Waals surface area contributed by atoms with E-state index in [-0.39, 0.29) is 5.56 Å². The molecule has 0 amide bonds. The lowest BCUT2D eigenvalue weighted by atomic mass is 10.0. The first-order valence-electron chi connectivity index (χ1n) is 10.1. The number of aromatic nitrogens is 3. The Morgan fingerprint density at radius 2 is 1.96 bits per heavy atom. The average Bonchev–Trinajstić information content (AvgIpc) is 3.35. The SMILES string of the molecule is O=c1cc2c(nn1CC1CCCN1Cc1nc3c(o1)CCCC3)CCC2. The average molecular weight is 354 g/mol. The molecule has 0 bridgehead atoms. The lowest BCUT2D eigenvalue weighted by Gasteiger charge is -2.23. The fraction of sp³-hybridized carbons (Fsp3) is 0.650. The van der Waals surface area contributed by atoms with E-state index in [9.17, 15) is 4.79 Å². The summed E-state index contributed by atoms with van der Waals surface area (Å²) in [5, 5.41) is 4.65. The van der Waals surface area contributed by atoms with E-state index in [0.29, 0.717) is 12.6 Å². The van der Waals surface area contributed by atoms with Gasteiger partial charge in [-0.25, -0.2) is 9.67 Å². The van der Waals surface area contributed by atoms with E-state index in [0.717, 1.165) is 80.9 Å². The Bertz CT molecular complexity index is 846. The molecule has 0 aromatic carbocycles. The second kappa shape index (κ2) is 6.65. The summed E-state index contributed by atoms with van der Waals surface area (Å²) in [7, 11) is 0. The normalized spacial score (nSPS) is 22.5. The zero-order valence-corrected chi connectivity index (χ0v) is 15.2. The third-order valence-electron chi connectivity index (χ3n) is 6.13. The third-order valence-corrected chi connectivity index (χ3v) is 6.13. The predicted octanol–water partition coefficient (Wildman–Crippen LogP) is 2.26. The first kappa shape index (κ1) is 16.2. The highest BCUT2D eigenvalue weighted by atomic mass is 16.4. The summed E-state index contributed by atoms with van der Waals surface area (Å²) in [5.41, 5.74) is 3.48. The summed E-state index contributed by atoms with van der Waals surface area (Å²) in [6.45, 7) is 2.46. The van der Waals surface area contributed by atoms with Crippen LogP contribution in [0.15, 0.2) is 15.3 Å². The van der Waals surface area contributed by atoms with Crippen LogP contribution in [0, 0.1) is 0 Å². The van der Waals surface area contributed by atoms with Gasteiger partial charge in [-0.05, 0) is 63.5 Å². The van der Waals surface area contributed by atoms with Crippen molar-refractivity contribution in [3.63, 3.8) is 0 Å². The van der Waals surface area contributed by atoms with E-state index in [1.807, 2.05) is 0 Å². The largest absolute Gasteiger partial charge is 0.444 e. The number of aryl methyl sites for hydroxylation is 4. The molecule has 0 radical (unpaired) electrons. The molecule has 1 atom stereocenters. The molecule has 26 heavy (non-hydrogen) atoms. The minimum atomic E-state index is 0.0455. The maximum atomic E-state index is 12.4. The van der Waals surface area contributed by atoms with Gasteiger partial charge in [-0.3, -0.25) is 9.69 Å². The molecule has 6 heteroatoms. The molecule has 2 aromatic rings. The van der Waals surface area contributed by atoms with Crippen LogP contribution in [0.25, 0.3) is 0 Å². The number of nitrogens with zero attached hydrogens (tertiary/aromatic N) is 4. The topological polar surface area (TPSA) is 64.2 Å². The molecule has 6 nitrogen and oxygen atoms in total. The van der Waals surface area contributed by atoms with Crippen LogP contribution < -0.4 is 5.56 Å². The smallest absolute Gasteiger partial charge is 0.267 e. The highest BCUT2D eigenvalue weighted by molar-refractivity contribution is 5.22. The van der Waals surface area contributed by atoms with Crippen molar-refractivity contribution < 1.29 is 4.42 Å². The molecule has 0 N–H and O–H groups in total. The zero-order chi connectivity index (χ0) is 17.5. The van der Waals surface area contributed by atoms with Gasteiger partial charge in [0, 0.05) is 18.5 Å². The fourth-order valence-electron chi connectivity index (χ4n) is 4.73. The van der Waals surface area contributed by atoms with Gasteiger partial charge in [0.2, 0.25) is 5.89 Å². The maximum Gasteiger partial charge on any atom is 0.267 e. The number of fused-ring (bicyclic) bond motifs is 2. The van der Waals surface area contributed by atoms with Crippen molar-refractivity contribution in [2.75, 3.05) is 6.54 Å². The van der Waals surface area contributed by atoms with Crippen molar-refractivity contribution >= 4 is 0 Å². The molecular weight excluding hydrogens is 328 g/mol. The monoisotopic (exact) mass is 354 g/mol. The van der Waals surface area contributed by atoms with E-state index < -0.39 is 0 Å². The second-order valence-electron chi connectivity index (χ2n) is 7.94. The van der Waals surface area contributed by atoms with E-state index in [1.165, 1.54) is 18.5 Å². The molecule has 2 aromatic heterocycles. The van der Waals surface area contributed by atoms with Crippen LogP contribution in [0.2, 0.25) is 0 Å². The molecule has 1 unspecified atom stereocenters. The van der Waals surface area contributed by atoms with Gasteiger partial charge in [0.25, 0.3) is 5.56 Å². The zero-order valence-electron chi connectivity index (χ0n) is 15.2. The number of hydrogen-bond acceptors (Lipinski definition) is 5. The number of rotatable bonds is 4. The van der Waals surface area contributed by atoms with Crippen molar-refractivity contribution in [2.45, 2.75) is 76.9 Å². The highest BCUT2D eigenvalue weighted by Gasteiger charge is 2.28. The first-order valence-corrected chi connectivity index (χ1v) is 10.1. The minimum Gasteiger partial charge on any atom is -0.444 e. The Morgan fingerprint density at radius 3 is 2.88 bits per heavy atom. The summed E-state index contributed by atoms with van der Waals surface area (Å²) in [4.78, 5) is 19.6. The Morgan fingerprint density at radius 1 is 1.08 bits per heavy atom. The highest BCUT2D eigenvalue weighted by Crippen LogP contribution is 2.25. The fourth-order valence-corrected chi connectivity index (χ4v) is 4.73. The molecule has 1 aliphatic heterocycles. The molecule has 1 saturated heterocycles. The summed E-state index contributed by atoms with van der Waals surface area (Å²) in [6, 6.07) is 2.14. The third kappa shape index (κ3) is 3.00. The number of likely N-dealkylation sites (tertiary alicyclic amines) is 1. The van der Waals surface area contributed by atoms with Crippen LogP contribution in [0.1, 0.15) is 60.7 Å². The summed E-state index contributed by atoms with van der Waals surface area (Å²) in [5.74, 6) is 1.94. The molecule has 3 aliphatic rings. The van der Waals surface area contributed by atoms with Crippen LogP contribution in [0.3, 0.4) is 0 Å². The first-order chi connectivity index (χ1) is 12.8. The second-order valence-corrected chi connectivity index (χ2v) is 7.94. The van der Waals surface area contributed by atoms with Gasteiger partial charge in [-0.2, -0.15) is 5.10 Å². The quantitative estimate of drug-likeness (QED) is 0.843.